The van der Waals surface area contributed by atoms with Crippen LogP contribution in [0.25, 0.3) is 5.69 Å². The summed E-state index contributed by atoms with van der Waals surface area (Å²) in [6.45, 7) is 3.92. The number of aromatic nitrogens is 2. The third-order valence-electron chi connectivity index (χ3n) is 3.97. The van der Waals surface area contributed by atoms with Gasteiger partial charge in [0.2, 0.25) is 5.91 Å². The number of halogens is 1. The fraction of sp³-hybridized carbons (Fsp3) is 0.200. The molecule has 2 aromatic carbocycles. The maximum Gasteiger partial charge on any atom is 0.234 e. The molecule has 1 amide bonds. The molecular weight excluding hydrogens is 382 g/mol. The summed E-state index contributed by atoms with van der Waals surface area (Å²) < 4.78 is 7.27. The fourth-order valence-corrected chi connectivity index (χ4v) is 3.54. The van der Waals surface area contributed by atoms with Crippen LogP contribution < -0.4 is 10.1 Å². The van der Waals surface area contributed by atoms with E-state index in [0.717, 1.165) is 16.4 Å². The highest BCUT2D eigenvalue weighted by molar-refractivity contribution is 7.99. The lowest BCUT2D eigenvalue weighted by molar-refractivity contribution is -0.113. The van der Waals surface area contributed by atoms with Gasteiger partial charge in [0.25, 0.3) is 0 Å². The molecule has 7 heteroatoms. The lowest BCUT2D eigenvalue weighted by Crippen LogP contribution is -2.15. The average molecular weight is 402 g/mol. The molecule has 1 N–H and O–H groups in total. The zero-order valence-electron chi connectivity index (χ0n) is 15.3. The second-order valence-electron chi connectivity index (χ2n) is 6.06. The van der Waals surface area contributed by atoms with Gasteiger partial charge in [0.05, 0.1) is 18.6 Å². The van der Waals surface area contributed by atoms with Crippen LogP contribution in [0.5, 0.6) is 5.75 Å². The number of anilines is 1. The topological polar surface area (TPSA) is 56.1 Å². The van der Waals surface area contributed by atoms with Crippen molar-refractivity contribution in [2.75, 3.05) is 18.2 Å². The predicted octanol–water partition coefficient (Wildman–Crippen LogP) is 4.88. The molecule has 0 spiro atoms. The zero-order chi connectivity index (χ0) is 19.4. The molecular formula is C20H20ClN3O2S. The molecule has 0 saturated heterocycles. The Morgan fingerprint density at radius 1 is 1.30 bits per heavy atom. The highest BCUT2D eigenvalue weighted by Crippen LogP contribution is 2.31. The first-order chi connectivity index (χ1) is 13.0. The van der Waals surface area contributed by atoms with Crippen molar-refractivity contribution in [3.05, 3.63) is 64.9 Å². The molecule has 0 radical (unpaired) electrons. The number of ether oxygens (including phenoxy) is 1. The Morgan fingerprint density at radius 3 is 2.85 bits per heavy atom. The van der Waals surface area contributed by atoms with Crippen LogP contribution >= 0.6 is 23.4 Å². The molecule has 0 saturated carbocycles. The van der Waals surface area contributed by atoms with Crippen molar-refractivity contribution in [2.24, 2.45) is 0 Å². The smallest absolute Gasteiger partial charge is 0.234 e. The van der Waals surface area contributed by atoms with Crippen LogP contribution in [0, 0.1) is 13.8 Å². The molecule has 5 nitrogen and oxygen atoms in total. The van der Waals surface area contributed by atoms with Crippen LogP contribution in [0.15, 0.2) is 53.9 Å². The Bertz CT molecular complexity index is 972. The molecule has 3 aromatic rings. The van der Waals surface area contributed by atoms with Crippen LogP contribution in [-0.4, -0.2) is 28.3 Å². The van der Waals surface area contributed by atoms with Gasteiger partial charge in [-0.1, -0.05) is 35.5 Å². The number of nitrogens with one attached hydrogen (secondary N) is 1. The Kier molecular flexibility index (Phi) is 6.08. The number of carbonyl (C=O) groups is 1. The number of methoxy groups -OCH3 is 1. The van der Waals surface area contributed by atoms with Crippen molar-refractivity contribution >= 4 is 35.0 Å². The van der Waals surface area contributed by atoms with Crippen LogP contribution in [0.1, 0.15) is 11.1 Å². The number of rotatable bonds is 6. The minimum absolute atomic E-state index is 0.140. The highest BCUT2D eigenvalue weighted by atomic mass is 35.5. The van der Waals surface area contributed by atoms with Crippen molar-refractivity contribution in [3.8, 4) is 11.4 Å². The number of aryl methyl sites for hydroxylation is 2. The predicted molar refractivity (Wildman–Crippen MR) is 110 cm³/mol. The van der Waals surface area contributed by atoms with Crippen molar-refractivity contribution < 1.29 is 9.53 Å². The quantitative estimate of drug-likeness (QED) is 0.598. The van der Waals surface area contributed by atoms with Crippen molar-refractivity contribution in [1.29, 1.82) is 0 Å². The number of nitrogens with zero attached hydrogens (tertiary/aromatic N) is 2. The number of benzene rings is 2. The molecule has 0 aliphatic heterocycles. The minimum Gasteiger partial charge on any atom is -0.495 e. The van der Waals surface area contributed by atoms with Gasteiger partial charge in [0.1, 0.15) is 5.75 Å². The second kappa shape index (κ2) is 8.50. The van der Waals surface area contributed by atoms with Gasteiger partial charge < -0.3 is 10.1 Å². The van der Waals surface area contributed by atoms with E-state index in [1.54, 1.807) is 25.4 Å². The van der Waals surface area contributed by atoms with Crippen LogP contribution in [0.4, 0.5) is 5.69 Å². The van der Waals surface area contributed by atoms with Crippen molar-refractivity contribution in [3.63, 3.8) is 0 Å². The van der Waals surface area contributed by atoms with Crippen LogP contribution in [0.3, 0.4) is 0 Å². The van der Waals surface area contributed by atoms with Gasteiger partial charge in [-0.15, -0.1) is 0 Å². The van der Waals surface area contributed by atoms with Crippen molar-refractivity contribution in [1.82, 2.24) is 9.55 Å². The molecule has 0 aliphatic carbocycles. The van der Waals surface area contributed by atoms with Crippen LogP contribution in [-0.2, 0) is 4.79 Å². The number of amides is 1. The number of carbonyl (C=O) groups excluding carboxylic acids is 1. The number of hydrogen-bond acceptors (Lipinski definition) is 4. The monoisotopic (exact) mass is 401 g/mol. The second-order valence-corrected chi connectivity index (χ2v) is 7.41. The van der Waals surface area contributed by atoms with E-state index in [0.29, 0.717) is 16.5 Å². The SMILES string of the molecule is COc1cc(Cl)c(C)cc1NC(=O)CSc1nccn1-c1cccc(C)c1. The summed E-state index contributed by atoms with van der Waals surface area (Å²) in [5.41, 5.74) is 3.66. The molecule has 0 fully saturated rings. The number of thioether (sulfide) groups is 1. The van der Waals surface area contributed by atoms with Crippen LogP contribution in [0.2, 0.25) is 5.02 Å². The fourth-order valence-electron chi connectivity index (χ4n) is 2.62. The molecule has 3 rings (SSSR count). The van der Waals surface area contributed by atoms with Gasteiger partial charge in [-0.25, -0.2) is 4.98 Å². The molecule has 0 aliphatic rings. The van der Waals surface area contributed by atoms with E-state index in [2.05, 4.69) is 16.4 Å². The van der Waals surface area contributed by atoms with E-state index in [-0.39, 0.29) is 11.7 Å². The first-order valence-corrected chi connectivity index (χ1v) is 9.71. The summed E-state index contributed by atoms with van der Waals surface area (Å²) in [6, 6.07) is 11.6. The minimum atomic E-state index is -0.140. The largest absolute Gasteiger partial charge is 0.495 e. The summed E-state index contributed by atoms with van der Waals surface area (Å²) in [7, 11) is 1.55. The summed E-state index contributed by atoms with van der Waals surface area (Å²) >= 11 is 7.48. The van der Waals surface area contributed by atoms with Gasteiger partial charge in [-0.05, 0) is 43.2 Å². The van der Waals surface area contributed by atoms with Gasteiger partial charge >= 0.3 is 0 Å². The maximum absolute atomic E-state index is 12.4. The summed E-state index contributed by atoms with van der Waals surface area (Å²) in [5, 5.41) is 4.24. The van der Waals surface area contributed by atoms with E-state index in [4.69, 9.17) is 16.3 Å². The van der Waals surface area contributed by atoms with Gasteiger partial charge in [-0.3, -0.25) is 9.36 Å². The first-order valence-electron chi connectivity index (χ1n) is 8.35. The number of hydrogen-bond donors (Lipinski definition) is 1. The van der Waals surface area contributed by atoms with E-state index in [1.165, 1.54) is 17.3 Å². The maximum atomic E-state index is 12.4. The van der Waals surface area contributed by atoms with E-state index in [1.807, 2.05) is 42.8 Å². The Labute approximate surface area is 167 Å². The first kappa shape index (κ1) is 19.3. The summed E-state index contributed by atoms with van der Waals surface area (Å²) in [5.74, 6) is 0.622. The Hall–Kier alpha value is -2.44. The van der Waals surface area contributed by atoms with Gasteiger partial charge in [-0.2, -0.15) is 0 Å². The third kappa shape index (κ3) is 4.64. The molecule has 27 heavy (non-hydrogen) atoms. The van der Waals surface area contributed by atoms with E-state index in [9.17, 15) is 4.79 Å². The van der Waals surface area contributed by atoms with E-state index < -0.39 is 0 Å². The lowest BCUT2D eigenvalue weighted by atomic mass is 10.2. The summed E-state index contributed by atoms with van der Waals surface area (Å²) in [4.78, 5) is 16.8. The normalized spacial score (nSPS) is 10.7. The molecule has 1 heterocycles. The Balaban J connectivity index is 1.69. The van der Waals surface area contributed by atoms with Gasteiger partial charge in [0.15, 0.2) is 5.16 Å². The summed E-state index contributed by atoms with van der Waals surface area (Å²) in [6.07, 6.45) is 3.62. The highest BCUT2D eigenvalue weighted by Gasteiger charge is 2.13. The number of imidazole rings is 1. The third-order valence-corrected chi connectivity index (χ3v) is 5.35. The molecule has 1 aromatic heterocycles. The standard InChI is InChI=1S/C20H20ClN3O2S/c1-13-5-4-6-15(9-13)24-8-7-22-20(24)27-12-19(25)23-17-10-14(2)16(21)11-18(17)26-3/h4-11H,12H2,1-3H3,(H,23,25). The molecule has 0 unspecified atom stereocenters. The van der Waals surface area contributed by atoms with Crippen molar-refractivity contribution in [2.45, 2.75) is 19.0 Å². The zero-order valence-corrected chi connectivity index (χ0v) is 16.9. The average Bonchev–Trinajstić information content (AvgIpc) is 3.11. The lowest BCUT2D eigenvalue weighted by Gasteiger charge is -2.12. The molecule has 0 atom stereocenters. The molecule has 0 bridgehead atoms. The van der Waals surface area contributed by atoms with E-state index >= 15 is 0 Å². The molecule has 140 valence electrons. The Morgan fingerprint density at radius 2 is 2.11 bits per heavy atom. The van der Waals surface area contributed by atoms with Gasteiger partial charge in [0, 0.05) is 29.2 Å².